The van der Waals surface area contributed by atoms with E-state index in [-0.39, 0.29) is 12.5 Å². The molecule has 1 fully saturated rings. The van der Waals surface area contributed by atoms with E-state index in [2.05, 4.69) is 73.5 Å². The zero-order valence-electron chi connectivity index (χ0n) is 17.3. The number of nitrogens with zero attached hydrogens (tertiary/aromatic N) is 2. The van der Waals surface area contributed by atoms with E-state index >= 15 is 0 Å². The summed E-state index contributed by atoms with van der Waals surface area (Å²) in [6, 6.07) is 26.1. The van der Waals surface area contributed by atoms with Crippen LogP contribution in [0.2, 0.25) is 0 Å². The lowest BCUT2D eigenvalue weighted by atomic mass is 10.2. The second kappa shape index (κ2) is 10.5. The van der Waals surface area contributed by atoms with Crippen LogP contribution < -0.4 is 15.0 Å². The van der Waals surface area contributed by atoms with Gasteiger partial charge in [0.2, 0.25) is 0 Å². The Hall–Kier alpha value is -2.83. The first-order valence-electron chi connectivity index (χ1n) is 10.5. The van der Waals surface area contributed by atoms with Crippen molar-refractivity contribution in [3.63, 3.8) is 0 Å². The largest absolute Gasteiger partial charge is 0.483 e. The van der Waals surface area contributed by atoms with E-state index < -0.39 is 0 Å². The van der Waals surface area contributed by atoms with Crippen LogP contribution in [0.15, 0.2) is 83.3 Å². The van der Waals surface area contributed by atoms with E-state index in [0.717, 1.165) is 42.9 Å². The smallest absolute Gasteiger partial charge is 0.262 e. The molecular weight excluding hydrogens is 454 g/mol. The van der Waals surface area contributed by atoms with Crippen molar-refractivity contribution in [2.24, 2.45) is 0 Å². The van der Waals surface area contributed by atoms with Crippen molar-refractivity contribution in [2.45, 2.75) is 6.54 Å². The molecule has 0 atom stereocenters. The molecule has 0 aromatic heterocycles. The van der Waals surface area contributed by atoms with Crippen molar-refractivity contribution < 1.29 is 9.53 Å². The molecule has 5 nitrogen and oxygen atoms in total. The molecular formula is C25H26BrN3O2. The summed E-state index contributed by atoms with van der Waals surface area (Å²) < 4.78 is 6.40. The van der Waals surface area contributed by atoms with Gasteiger partial charge in [0, 0.05) is 44.1 Å². The van der Waals surface area contributed by atoms with Crippen LogP contribution in [0.1, 0.15) is 5.56 Å². The standard InChI is InChI=1S/C25H26BrN3O2/c26-23-8-4-5-9-24(23)31-19-25(30)27-21-10-12-22(13-11-21)29-16-14-28(15-17-29)18-20-6-2-1-3-7-20/h1-13H,14-19H2,(H,27,30). The highest BCUT2D eigenvalue weighted by molar-refractivity contribution is 9.10. The van der Waals surface area contributed by atoms with Crippen molar-refractivity contribution in [3.05, 3.63) is 88.9 Å². The third-order valence-electron chi connectivity index (χ3n) is 5.33. The summed E-state index contributed by atoms with van der Waals surface area (Å²) >= 11 is 3.41. The van der Waals surface area contributed by atoms with Crippen LogP contribution in [0.3, 0.4) is 0 Å². The van der Waals surface area contributed by atoms with Crippen LogP contribution in [-0.2, 0) is 11.3 Å². The van der Waals surface area contributed by atoms with Crippen molar-refractivity contribution in [1.29, 1.82) is 0 Å². The molecule has 0 unspecified atom stereocenters. The fraction of sp³-hybridized carbons (Fsp3) is 0.240. The molecule has 0 bridgehead atoms. The van der Waals surface area contributed by atoms with Gasteiger partial charge in [-0.25, -0.2) is 0 Å². The minimum atomic E-state index is -0.182. The predicted octanol–water partition coefficient (Wildman–Crippen LogP) is 4.79. The maximum atomic E-state index is 12.2. The van der Waals surface area contributed by atoms with E-state index in [1.807, 2.05) is 36.4 Å². The number of halogens is 1. The Morgan fingerprint density at radius 3 is 2.26 bits per heavy atom. The maximum Gasteiger partial charge on any atom is 0.262 e. The molecule has 3 aromatic rings. The van der Waals surface area contributed by atoms with Gasteiger partial charge in [-0.05, 0) is 57.9 Å². The van der Waals surface area contributed by atoms with Gasteiger partial charge in [-0.15, -0.1) is 0 Å². The Morgan fingerprint density at radius 2 is 1.55 bits per heavy atom. The number of ether oxygens (including phenoxy) is 1. The summed E-state index contributed by atoms with van der Waals surface area (Å²) in [6.07, 6.45) is 0. The molecule has 6 heteroatoms. The fourth-order valence-corrected chi connectivity index (χ4v) is 4.06. The van der Waals surface area contributed by atoms with Gasteiger partial charge in [-0.2, -0.15) is 0 Å². The molecule has 1 heterocycles. The number of hydrogen-bond acceptors (Lipinski definition) is 4. The summed E-state index contributed by atoms with van der Waals surface area (Å²) in [5, 5.41) is 2.89. The van der Waals surface area contributed by atoms with Crippen molar-refractivity contribution in [3.8, 4) is 5.75 Å². The first-order chi connectivity index (χ1) is 15.2. The molecule has 1 amide bonds. The Morgan fingerprint density at radius 1 is 0.871 bits per heavy atom. The molecule has 1 N–H and O–H groups in total. The molecule has 1 saturated heterocycles. The minimum absolute atomic E-state index is 0.0340. The highest BCUT2D eigenvalue weighted by Gasteiger charge is 2.17. The quantitative estimate of drug-likeness (QED) is 0.529. The monoisotopic (exact) mass is 479 g/mol. The number of rotatable bonds is 7. The van der Waals surface area contributed by atoms with Crippen LogP contribution in [0.5, 0.6) is 5.75 Å². The topological polar surface area (TPSA) is 44.8 Å². The molecule has 0 aliphatic carbocycles. The summed E-state index contributed by atoms with van der Waals surface area (Å²) in [5.74, 6) is 0.470. The lowest BCUT2D eigenvalue weighted by Gasteiger charge is -2.36. The average molecular weight is 480 g/mol. The lowest BCUT2D eigenvalue weighted by Crippen LogP contribution is -2.45. The molecule has 31 heavy (non-hydrogen) atoms. The van der Waals surface area contributed by atoms with Crippen LogP contribution in [0.4, 0.5) is 11.4 Å². The third kappa shape index (κ3) is 6.09. The number of hydrogen-bond donors (Lipinski definition) is 1. The number of carbonyl (C=O) groups excluding carboxylic acids is 1. The molecule has 0 saturated carbocycles. The van der Waals surface area contributed by atoms with E-state index in [4.69, 9.17) is 4.74 Å². The predicted molar refractivity (Wildman–Crippen MR) is 129 cm³/mol. The Balaban J connectivity index is 1.24. The first kappa shape index (κ1) is 21.4. The molecule has 1 aliphatic heterocycles. The maximum absolute atomic E-state index is 12.2. The number of para-hydroxylation sites is 1. The van der Waals surface area contributed by atoms with Crippen molar-refractivity contribution >= 4 is 33.2 Å². The van der Waals surface area contributed by atoms with Gasteiger partial charge in [0.15, 0.2) is 6.61 Å². The number of benzene rings is 3. The van der Waals surface area contributed by atoms with Crippen LogP contribution in [-0.4, -0.2) is 43.6 Å². The van der Waals surface area contributed by atoms with Gasteiger partial charge in [-0.3, -0.25) is 9.69 Å². The van der Waals surface area contributed by atoms with E-state index in [9.17, 15) is 4.79 Å². The molecule has 160 valence electrons. The zero-order valence-corrected chi connectivity index (χ0v) is 18.9. The van der Waals surface area contributed by atoms with Gasteiger partial charge in [0.1, 0.15) is 5.75 Å². The fourth-order valence-electron chi connectivity index (χ4n) is 3.66. The van der Waals surface area contributed by atoms with Crippen LogP contribution in [0.25, 0.3) is 0 Å². The molecule has 3 aromatic carbocycles. The molecule has 0 radical (unpaired) electrons. The summed E-state index contributed by atoms with van der Waals surface area (Å²) in [6.45, 7) is 5.05. The number of piperazine rings is 1. The van der Waals surface area contributed by atoms with Crippen molar-refractivity contribution in [2.75, 3.05) is 43.0 Å². The highest BCUT2D eigenvalue weighted by atomic mass is 79.9. The second-order valence-electron chi connectivity index (χ2n) is 7.56. The highest BCUT2D eigenvalue weighted by Crippen LogP contribution is 2.24. The second-order valence-corrected chi connectivity index (χ2v) is 8.42. The lowest BCUT2D eigenvalue weighted by molar-refractivity contribution is -0.118. The number of anilines is 2. The number of nitrogens with one attached hydrogen (secondary N) is 1. The molecule has 0 spiro atoms. The SMILES string of the molecule is O=C(COc1ccccc1Br)Nc1ccc(N2CCN(Cc3ccccc3)CC2)cc1. The van der Waals surface area contributed by atoms with E-state index in [0.29, 0.717) is 5.75 Å². The Kier molecular flexibility index (Phi) is 7.22. The number of amides is 1. The Bertz CT molecular complexity index is 987. The Labute approximate surface area is 191 Å². The van der Waals surface area contributed by atoms with Gasteiger partial charge in [-0.1, -0.05) is 42.5 Å². The van der Waals surface area contributed by atoms with E-state index in [1.54, 1.807) is 0 Å². The average Bonchev–Trinajstić information content (AvgIpc) is 2.80. The first-order valence-corrected chi connectivity index (χ1v) is 11.3. The summed E-state index contributed by atoms with van der Waals surface area (Å²) in [4.78, 5) is 17.1. The minimum Gasteiger partial charge on any atom is -0.483 e. The van der Waals surface area contributed by atoms with Gasteiger partial charge in [0.25, 0.3) is 5.91 Å². The molecule has 1 aliphatic rings. The normalized spacial score (nSPS) is 14.3. The van der Waals surface area contributed by atoms with Crippen LogP contribution in [0, 0.1) is 0 Å². The van der Waals surface area contributed by atoms with Crippen molar-refractivity contribution in [1.82, 2.24) is 4.90 Å². The van der Waals surface area contributed by atoms with E-state index in [1.165, 1.54) is 11.3 Å². The zero-order chi connectivity index (χ0) is 21.5. The van der Waals surface area contributed by atoms with Gasteiger partial charge in [0.05, 0.1) is 4.47 Å². The number of carbonyl (C=O) groups is 1. The third-order valence-corrected chi connectivity index (χ3v) is 5.99. The summed E-state index contributed by atoms with van der Waals surface area (Å²) in [7, 11) is 0. The van der Waals surface area contributed by atoms with Crippen LogP contribution >= 0.6 is 15.9 Å². The molecule has 4 rings (SSSR count). The summed E-state index contributed by atoms with van der Waals surface area (Å²) in [5.41, 5.74) is 3.31. The van der Waals surface area contributed by atoms with Gasteiger partial charge >= 0.3 is 0 Å². The van der Waals surface area contributed by atoms with Gasteiger partial charge < -0.3 is 15.0 Å².